The maximum absolute atomic E-state index is 12.6. The van der Waals surface area contributed by atoms with E-state index in [4.69, 9.17) is 21.1 Å². The molecule has 12 N–H and O–H groups in total. The summed E-state index contributed by atoms with van der Waals surface area (Å²) in [5.41, 5.74) is 5.11. The van der Waals surface area contributed by atoms with Gasteiger partial charge in [-0.2, -0.15) is 0 Å². The van der Waals surface area contributed by atoms with Gasteiger partial charge in [-0.3, -0.25) is 67.2 Å². The number of carbonyl (C=O) groups is 14. The molecular weight excluding hydrogens is 812 g/mol. The average molecular weight is 861 g/mol. The van der Waals surface area contributed by atoms with Crippen LogP contribution in [0.5, 0.6) is 0 Å². The molecule has 334 valence electrons. The van der Waals surface area contributed by atoms with Gasteiger partial charge < -0.3 is 77.8 Å². The zero-order valence-corrected chi connectivity index (χ0v) is 32.3. The van der Waals surface area contributed by atoms with Gasteiger partial charge in [0.15, 0.2) is 0 Å². The number of carboxylic acid groups (broad SMARTS) is 3. The van der Waals surface area contributed by atoms with Crippen molar-refractivity contribution in [3.63, 3.8) is 0 Å². The van der Waals surface area contributed by atoms with Crippen LogP contribution < -0.4 is 43.0 Å². The number of hydrogen-bond acceptors (Lipinski definition) is 16. The van der Waals surface area contributed by atoms with Crippen LogP contribution in [0.1, 0.15) is 0 Å². The fourth-order valence-corrected chi connectivity index (χ4v) is 4.23. The third kappa shape index (κ3) is 25.8. The predicted octanol–water partition coefficient (Wildman–Crippen LogP) is -10.4. The van der Waals surface area contributed by atoms with Gasteiger partial charge in [0.1, 0.15) is 39.0 Å². The number of hydrogen-bond donors (Lipinski definition) is 11. The highest BCUT2D eigenvalue weighted by Gasteiger charge is 2.23. The molecule has 0 aliphatic carbocycles. The molecule has 10 amide bonds. The second kappa shape index (κ2) is 29.0. The number of likely N-dealkylation sites (N-methyl/N-ethyl adjacent to an activating group) is 1. The SMILES string of the molecule is CN(CC(=O)O)CC(=O)NCC(=O)NCC(=O)N(CC(=O)O)CC(=O)NCCNC(=O)CN(CC=O)C(=O)CNC(=O)CNC(=O)CN(CC(=O)O)C(=O)CNC(=O)CN. The van der Waals surface area contributed by atoms with E-state index >= 15 is 0 Å². The van der Waals surface area contributed by atoms with Gasteiger partial charge in [0.25, 0.3) is 0 Å². The van der Waals surface area contributed by atoms with Gasteiger partial charge in [0.05, 0.1) is 58.9 Å². The average Bonchev–Trinajstić information content (AvgIpc) is 3.16. The Labute approximate surface area is 340 Å². The van der Waals surface area contributed by atoms with Crippen molar-refractivity contribution in [1.82, 2.24) is 56.8 Å². The molecule has 0 rings (SSSR count). The summed E-state index contributed by atoms with van der Waals surface area (Å²) in [6.07, 6.45) is 0.291. The maximum atomic E-state index is 12.6. The van der Waals surface area contributed by atoms with E-state index in [-0.39, 0.29) is 19.6 Å². The first-order valence-electron chi connectivity index (χ1n) is 17.3. The van der Waals surface area contributed by atoms with E-state index < -0.39 is 162 Å². The molecule has 0 aliphatic rings. The largest absolute Gasteiger partial charge is 0.480 e. The molecule has 0 aliphatic heterocycles. The molecule has 0 aromatic rings. The highest BCUT2D eigenvalue weighted by atomic mass is 16.4. The molecule has 0 radical (unpaired) electrons. The first-order valence-corrected chi connectivity index (χ1v) is 17.3. The summed E-state index contributed by atoms with van der Waals surface area (Å²) in [7, 11) is 1.36. The number of aliphatic carboxylic acids is 3. The van der Waals surface area contributed by atoms with E-state index in [1.807, 2.05) is 0 Å². The van der Waals surface area contributed by atoms with Gasteiger partial charge in [0, 0.05) is 13.1 Å². The number of rotatable bonds is 30. The summed E-state index contributed by atoms with van der Waals surface area (Å²) in [4.78, 5) is 169. The lowest BCUT2D eigenvalue weighted by Crippen LogP contribution is -2.50. The van der Waals surface area contributed by atoms with E-state index in [9.17, 15) is 67.1 Å². The van der Waals surface area contributed by atoms with Crippen molar-refractivity contribution < 1.29 is 82.4 Å². The second-order valence-electron chi connectivity index (χ2n) is 12.1. The van der Waals surface area contributed by atoms with E-state index in [0.717, 1.165) is 9.80 Å². The molecule has 0 atom stereocenters. The molecule has 0 unspecified atom stereocenters. The lowest BCUT2D eigenvalue weighted by Gasteiger charge is -2.21. The number of nitrogens with zero attached hydrogens (tertiary/aromatic N) is 4. The van der Waals surface area contributed by atoms with Crippen LogP contribution >= 0.6 is 0 Å². The van der Waals surface area contributed by atoms with Crippen LogP contribution in [0.15, 0.2) is 0 Å². The Bertz CT molecular complexity index is 1630. The minimum absolute atomic E-state index is 0.247. The number of carbonyl (C=O) groups excluding carboxylic acids is 11. The van der Waals surface area contributed by atoms with Crippen LogP contribution in [0.25, 0.3) is 0 Å². The predicted molar refractivity (Wildman–Crippen MR) is 196 cm³/mol. The molecule has 29 heteroatoms. The number of nitrogens with two attached hydrogens (primary N) is 1. The first-order chi connectivity index (χ1) is 28.2. The Morgan fingerprint density at radius 3 is 1.15 bits per heavy atom. The molecule has 0 heterocycles. The third-order valence-electron chi connectivity index (χ3n) is 6.98. The minimum atomic E-state index is -1.49. The monoisotopic (exact) mass is 860 g/mol. The number of amides is 10. The summed E-state index contributed by atoms with van der Waals surface area (Å²) < 4.78 is 0. The van der Waals surface area contributed by atoms with Crippen molar-refractivity contribution >= 4 is 83.3 Å². The number of aldehydes is 1. The van der Waals surface area contributed by atoms with Gasteiger partial charge in [-0.05, 0) is 7.05 Å². The van der Waals surface area contributed by atoms with Gasteiger partial charge in [0.2, 0.25) is 59.1 Å². The Hall–Kier alpha value is -7.30. The lowest BCUT2D eigenvalue weighted by atomic mass is 10.3. The van der Waals surface area contributed by atoms with Gasteiger partial charge >= 0.3 is 17.9 Å². The van der Waals surface area contributed by atoms with Crippen LogP contribution in [0.4, 0.5) is 0 Å². The topological polar surface area (TPSA) is 423 Å². The quantitative estimate of drug-likeness (QED) is 0.0236. The standard InChI is InChI=1S/C31H48N12O17/c1-40(16-29(55)56)12-22(48)35-7-20(46)39-11-28(54)42(17-30(57)58)14-24(50)34-3-2-33-23(49)13-41(4-5-44)26(52)9-38-21(47)8-36-25(51)15-43(18-31(59)60)27(53)10-37-19(45)6-32/h5H,2-4,6-18,32H2,1H3,(H,33,49)(H,34,50)(H,35,48)(H,36,51)(H,37,45)(H,38,47)(H,39,46)(H,55,56)(H,57,58)(H,59,60). The maximum Gasteiger partial charge on any atom is 0.323 e. The smallest absolute Gasteiger partial charge is 0.323 e. The zero-order chi connectivity index (χ0) is 45.8. The van der Waals surface area contributed by atoms with Crippen molar-refractivity contribution in [2.75, 3.05) is 112 Å². The third-order valence-corrected chi connectivity index (χ3v) is 6.98. The molecule has 0 saturated heterocycles. The van der Waals surface area contributed by atoms with Crippen molar-refractivity contribution in [3.8, 4) is 0 Å². The summed E-state index contributed by atoms with van der Waals surface area (Å²) in [6.45, 7) is -9.89. The lowest BCUT2D eigenvalue weighted by molar-refractivity contribution is -0.146. The molecule has 60 heavy (non-hydrogen) atoms. The molecule has 29 nitrogen and oxygen atoms in total. The second-order valence-corrected chi connectivity index (χ2v) is 12.1. The fourth-order valence-electron chi connectivity index (χ4n) is 4.23. The number of nitrogens with one attached hydrogen (secondary N) is 7. The minimum Gasteiger partial charge on any atom is -0.480 e. The summed E-state index contributed by atoms with van der Waals surface area (Å²) in [5, 5.41) is 42.2. The normalized spacial score (nSPS) is 10.2. The fraction of sp³-hybridized carbons (Fsp3) is 0.548. The molecular formula is C31H48N12O17. The van der Waals surface area contributed by atoms with E-state index in [1.165, 1.54) is 7.05 Å². The highest BCUT2D eigenvalue weighted by Crippen LogP contribution is 1.93. The summed E-state index contributed by atoms with van der Waals surface area (Å²) >= 11 is 0. The molecule has 0 spiro atoms. The summed E-state index contributed by atoms with van der Waals surface area (Å²) in [6, 6.07) is 0. The summed E-state index contributed by atoms with van der Waals surface area (Å²) in [5.74, 6) is -12.8. The van der Waals surface area contributed by atoms with Crippen LogP contribution in [0.2, 0.25) is 0 Å². The van der Waals surface area contributed by atoms with Crippen molar-refractivity contribution in [2.24, 2.45) is 5.73 Å². The van der Waals surface area contributed by atoms with E-state index in [1.54, 1.807) is 0 Å². The Morgan fingerprint density at radius 2 is 0.767 bits per heavy atom. The van der Waals surface area contributed by atoms with Crippen molar-refractivity contribution in [2.45, 2.75) is 0 Å². The van der Waals surface area contributed by atoms with Crippen LogP contribution in [-0.4, -0.2) is 230 Å². The van der Waals surface area contributed by atoms with Crippen LogP contribution in [0.3, 0.4) is 0 Å². The Balaban J connectivity index is 4.79. The molecule has 0 saturated carbocycles. The Kier molecular flexibility index (Phi) is 25.5. The molecule has 0 bridgehead atoms. The van der Waals surface area contributed by atoms with E-state index in [2.05, 4.69) is 37.2 Å². The number of carboxylic acids is 3. The van der Waals surface area contributed by atoms with Crippen LogP contribution in [-0.2, 0) is 67.1 Å². The Morgan fingerprint density at radius 1 is 0.433 bits per heavy atom. The first kappa shape index (κ1) is 52.7. The van der Waals surface area contributed by atoms with Crippen molar-refractivity contribution in [1.29, 1.82) is 0 Å². The molecule has 0 fully saturated rings. The van der Waals surface area contributed by atoms with Gasteiger partial charge in [-0.1, -0.05) is 0 Å². The van der Waals surface area contributed by atoms with Gasteiger partial charge in [-0.25, -0.2) is 0 Å². The van der Waals surface area contributed by atoms with Crippen LogP contribution in [0, 0.1) is 0 Å². The van der Waals surface area contributed by atoms with Gasteiger partial charge in [-0.15, -0.1) is 0 Å². The zero-order valence-electron chi connectivity index (χ0n) is 32.3. The molecule has 0 aromatic heterocycles. The highest BCUT2D eigenvalue weighted by molar-refractivity contribution is 5.94. The molecule has 0 aromatic carbocycles. The van der Waals surface area contributed by atoms with Crippen molar-refractivity contribution in [3.05, 3.63) is 0 Å². The van der Waals surface area contributed by atoms with E-state index in [0.29, 0.717) is 16.1 Å².